The molecule has 4 nitrogen and oxygen atoms in total. The summed E-state index contributed by atoms with van der Waals surface area (Å²) in [5.74, 6) is -1.87. The summed E-state index contributed by atoms with van der Waals surface area (Å²) in [5, 5.41) is 10.6. The number of hydrogen-bond acceptors (Lipinski definition) is 4. The van der Waals surface area contributed by atoms with Crippen LogP contribution in [0.15, 0.2) is 32.9 Å². The van der Waals surface area contributed by atoms with Crippen molar-refractivity contribution in [1.82, 2.24) is 0 Å². The molecule has 1 heterocycles. The van der Waals surface area contributed by atoms with Crippen molar-refractivity contribution in [3.8, 4) is 0 Å². The van der Waals surface area contributed by atoms with Crippen LogP contribution in [0, 0.1) is 11.6 Å². The molecule has 0 bridgehead atoms. The van der Waals surface area contributed by atoms with Gasteiger partial charge in [-0.05, 0) is 33.4 Å². The molecule has 2 aromatic rings. The fourth-order valence-electron chi connectivity index (χ4n) is 1.48. The van der Waals surface area contributed by atoms with E-state index in [9.17, 15) is 17.2 Å². The third kappa shape index (κ3) is 3.00. The normalized spacial score (nSPS) is 11.6. The zero-order chi connectivity index (χ0) is 14.9. The molecule has 0 fully saturated rings. The zero-order valence-electron chi connectivity index (χ0n) is 9.73. The Balaban J connectivity index is 2.41. The summed E-state index contributed by atoms with van der Waals surface area (Å²) >= 11 is 3.91. The first-order valence-electron chi connectivity index (χ1n) is 5.19. The van der Waals surface area contributed by atoms with Gasteiger partial charge in [-0.15, -0.1) is 11.3 Å². The number of aliphatic hydroxyl groups excluding tert-OH is 1. The summed E-state index contributed by atoms with van der Waals surface area (Å²) in [5.41, 5.74) is -0.381. The van der Waals surface area contributed by atoms with Crippen molar-refractivity contribution in [2.24, 2.45) is 0 Å². The fourth-order valence-corrected chi connectivity index (χ4v) is 4.18. The van der Waals surface area contributed by atoms with Gasteiger partial charge in [0.25, 0.3) is 10.0 Å². The SMILES string of the molecule is O=S(=O)(Nc1cc(Br)c(F)cc1F)c1ccsc1CO. The lowest BCUT2D eigenvalue weighted by molar-refractivity contribution is 0.282. The smallest absolute Gasteiger partial charge is 0.263 e. The van der Waals surface area contributed by atoms with Gasteiger partial charge in [0.2, 0.25) is 0 Å². The Kier molecular flexibility index (Phi) is 4.43. The lowest BCUT2D eigenvalue weighted by atomic mass is 10.3. The molecule has 0 aliphatic carbocycles. The molecule has 0 aliphatic heterocycles. The van der Waals surface area contributed by atoms with E-state index in [4.69, 9.17) is 5.11 Å². The molecule has 0 radical (unpaired) electrons. The molecular formula is C11H8BrF2NO3S2. The topological polar surface area (TPSA) is 66.4 Å². The second-order valence-corrected chi connectivity index (χ2v) is 7.22. The highest BCUT2D eigenvalue weighted by molar-refractivity contribution is 9.10. The second kappa shape index (κ2) is 5.76. The number of anilines is 1. The highest BCUT2D eigenvalue weighted by Gasteiger charge is 2.21. The number of sulfonamides is 1. The van der Waals surface area contributed by atoms with E-state index in [1.807, 2.05) is 4.72 Å². The predicted molar refractivity (Wildman–Crippen MR) is 75.1 cm³/mol. The minimum absolute atomic E-state index is 0.0655. The van der Waals surface area contributed by atoms with E-state index in [2.05, 4.69) is 15.9 Å². The number of halogens is 3. The van der Waals surface area contributed by atoms with Crippen LogP contribution in [-0.4, -0.2) is 13.5 Å². The molecule has 0 spiro atoms. The van der Waals surface area contributed by atoms with Crippen LogP contribution >= 0.6 is 27.3 Å². The minimum Gasteiger partial charge on any atom is -0.391 e. The maximum atomic E-state index is 13.6. The van der Waals surface area contributed by atoms with Gasteiger partial charge in [0.1, 0.15) is 16.5 Å². The number of rotatable bonds is 4. The molecule has 0 amide bonds. The minimum atomic E-state index is -4.05. The van der Waals surface area contributed by atoms with Crippen molar-refractivity contribution in [2.45, 2.75) is 11.5 Å². The Bertz CT molecular complexity index is 746. The molecule has 0 atom stereocenters. The third-order valence-corrected chi connectivity index (χ3v) is 5.48. The first kappa shape index (κ1) is 15.4. The van der Waals surface area contributed by atoms with Gasteiger partial charge in [-0.1, -0.05) is 0 Å². The van der Waals surface area contributed by atoms with Crippen molar-refractivity contribution in [1.29, 1.82) is 0 Å². The molecule has 9 heteroatoms. The molecule has 0 aliphatic rings. The summed E-state index contributed by atoms with van der Waals surface area (Å²) in [6, 6.07) is 2.87. The van der Waals surface area contributed by atoms with Crippen molar-refractivity contribution in [2.75, 3.05) is 4.72 Å². The van der Waals surface area contributed by atoms with Crippen LogP contribution in [0.5, 0.6) is 0 Å². The molecule has 1 aromatic carbocycles. The summed E-state index contributed by atoms with van der Waals surface area (Å²) in [6.45, 7) is -0.441. The van der Waals surface area contributed by atoms with Gasteiger partial charge in [-0.3, -0.25) is 4.72 Å². The van der Waals surface area contributed by atoms with Crippen LogP contribution in [0.1, 0.15) is 4.88 Å². The first-order valence-corrected chi connectivity index (χ1v) is 8.35. The van der Waals surface area contributed by atoms with E-state index in [0.717, 1.165) is 17.4 Å². The molecule has 2 rings (SSSR count). The standard InChI is InChI=1S/C11H8BrF2NO3S2/c12-6-3-9(8(14)4-7(6)13)15-20(17,18)11-1-2-19-10(11)5-16/h1-4,15-16H,5H2. The Morgan fingerprint density at radius 1 is 1.30 bits per heavy atom. The Labute approximate surface area is 126 Å². The number of thiophene rings is 1. The van der Waals surface area contributed by atoms with Gasteiger partial charge in [0.05, 0.1) is 21.6 Å². The molecule has 0 saturated heterocycles. The lowest BCUT2D eigenvalue weighted by Crippen LogP contribution is -2.15. The molecule has 2 N–H and O–H groups in total. The Hall–Kier alpha value is -1.03. The molecular weight excluding hydrogens is 376 g/mol. The summed E-state index contributed by atoms with van der Waals surface area (Å²) < 4.78 is 52.8. The van der Waals surface area contributed by atoms with Crippen LogP contribution in [0.2, 0.25) is 0 Å². The average molecular weight is 384 g/mol. The lowest BCUT2D eigenvalue weighted by Gasteiger charge is -2.10. The van der Waals surface area contributed by atoms with Crippen LogP contribution < -0.4 is 4.72 Å². The van der Waals surface area contributed by atoms with E-state index in [0.29, 0.717) is 6.07 Å². The van der Waals surface area contributed by atoms with E-state index < -0.39 is 28.3 Å². The van der Waals surface area contributed by atoms with Crippen molar-refractivity contribution in [3.63, 3.8) is 0 Å². The first-order chi connectivity index (χ1) is 9.35. The molecule has 108 valence electrons. The number of hydrogen-bond donors (Lipinski definition) is 2. The van der Waals surface area contributed by atoms with Crippen molar-refractivity contribution < 1.29 is 22.3 Å². The van der Waals surface area contributed by atoms with Gasteiger partial charge in [0, 0.05) is 6.07 Å². The number of benzene rings is 1. The van der Waals surface area contributed by atoms with E-state index in [1.54, 1.807) is 0 Å². The highest BCUT2D eigenvalue weighted by Crippen LogP contribution is 2.28. The van der Waals surface area contributed by atoms with Gasteiger partial charge in [0.15, 0.2) is 0 Å². The molecule has 20 heavy (non-hydrogen) atoms. The third-order valence-electron chi connectivity index (χ3n) is 2.39. The van der Waals surface area contributed by atoms with Crippen molar-refractivity contribution >= 4 is 43.0 Å². The van der Waals surface area contributed by atoms with E-state index in [1.165, 1.54) is 11.4 Å². The Morgan fingerprint density at radius 2 is 2.00 bits per heavy atom. The monoisotopic (exact) mass is 383 g/mol. The van der Waals surface area contributed by atoms with Crippen LogP contribution in [0.25, 0.3) is 0 Å². The summed E-state index contributed by atoms with van der Waals surface area (Å²) in [7, 11) is -4.05. The number of aliphatic hydroxyl groups is 1. The molecule has 0 unspecified atom stereocenters. The summed E-state index contributed by atoms with van der Waals surface area (Å²) in [4.78, 5) is 0.101. The molecule has 0 saturated carbocycles. The molecule has 1 aromatic heterocycles. The van der Waals surface area contributed by atoms with E-state index >= 15 is 0 Å². The van der Waals surface area contributed by atoms with Crippen LogP contribution in [-0.2, 0) is 16.6 Å². The quantitative estimate of drug-likeness (QED) is 0.797. The predicted octanol–water partition coefficient (Wildman–Crippen LogP) is 3.08. The second-order valence-electron chi connectivity index (χ2n) is 3.72. The average Bonchev–Trinajstić information content (AvgIpc) is 2.84. The van der Waals surface area contributed by atoms with Gasteiger partial charge < -0.3 is 5.11 Å². The van der Waals surface area contributed by atoms with Gasteiger partial charge in [-0.2, -0.15) is 0 Å². The van der Waals surface area contributed by atoms with Crippen molar-refractivity contribution in [3.05, 3.63) is 44.6 Å². The van der Waals surface area contributed by atoms with Gasteiger partial charge >= 0.3 is 0 Å². The number of nitrogens with one attached hydrogen (secondary N) is 1. The van der Waals surface area contributed by atoms with E-state index in [-0.39, 0.29) is 19.9 Å². The maximum Gasteiger partial charge on any atom is 0.263 e. The van der Waals surface area contributed by atoms with Crippen LogP contribution in [0.4, 0.5) is 14.5 Å². The van der Waals surface area contributed by atoms with Gasteiger partial charge in [-0.25, -0.2) is 17.2 Å². The maximum absolute atomic E-state index is 13.6. The van der Waals surface area contributed by atoms with Crippen LogP contribution in [0.3, 0.4) is 0 Å². The highest BCUT2D eigenvalue weighted by atomic mass is 79.9. The fraction of sp³-hybridized carbons (Fsp3) is 0.0909. The zero-order valence-corrected chi connectivity index (χ0v) is 12.9. The Morgan fingerprint density at radius 3 is 2.65 bits per heavy atom. The summed E-state index contributed by atoms with van der Waals surface area (Å²) in [6.07, 6.45) is 0. The largest absolute Gasteiger partial charge is 0.391 e.